The average Bonchev–Trinajstić information content (AvgIpc) is 3.01. The number of carbonyl (C=O) groups excluding carboxylic acids is 2. The maximum absolute atomic E-state index is 13.1. The summed E-state index contributed by atoms with van der Waals surface area (Å²) in [5.74, 6) is -0.267. The van der Waals surface area contributed by atoms with E-state index in [9.17, 15) is 9.59 Å². The first-order chi connectivity index (χ1) is 11.9. The Kier molecular flexibility index (Phi) is 5.37. The lowest BCUT2D eigenvalue weighted by molar-refractivity contribution is -0.123. The van der Waals surface area contributed by atoms with E-state index in [-0.39, 0.29) is 17.9 Å². The van der Waals surface area contributed by atoms with Gasteiger partial charge in [-0.2, -0.15) is 0 Å². The van der Waals surface area contributed by atoms with Crippen LogP contribution in [-0.2, 0) is 9.59 Å². The second kappa shape index (κ2) is 7.21. The number of hydrogen-bond acceptors (Lipinski definition) is 4. The van der Waals surface area contributed by atoms with Crippen molar-refractivity contribution in [2.45, 2.75) is 39.7 Å². The zero-order valence-electron chi connectivity index (χ0n) is 14.3. The summed E-state index contributed by atoms with van der Waals surface area (Å²) >= 11 is 10.1. The van der Waals surface area contributed by atoms with Gasteiger partial charge in [0.1, 0.15) is 4.32 Å². The molecule has 0 aromatic heterocycles. The van der Waals surface area contributed by atoms with Crippen LogP contribution in [0.25, 0.3) is 5.57 Å². The molecule has 0 spiro atoms. The molecule has 1 saturated heterocycles. The topological polar surface area (TPSA) is 40.6 Å². The van der Waals surface area contributed by atoms with Crippen molar-refractivity contribution < 1.29 is 9.59 Å². The normalized spacial score (nSPS) is 21.4. The first kappa shape index (κ1) is 18.6. The lowest BCUT2D eigenvalue weighted by Crippen LogP contribution is -2.36. The third kappa shape index (κ3) is 3.06. The number of halogens is 1. The molecule has 0 aliphatic carbocycles. The third-order valence-corrected chi connectivity index (χ3v) is 6.38. The van der Waals surface area contributed by atoms with Gasteiger partial charge in [0.15, 0.2) is 0 Å². The molecule has 0 saturated carbocycles. The number of hydrogen-bond donors (Lipinski definition) is 0. The van der Waals surface area contributed by atoms with Gasteiger partial charge in [0, 0.05) is 22.6 Å². The van der Waals surface area contributed by atoms with Crippen LogP contribution in [0.2, 0.25) is 0 Å². The molecule has 4 nitrogen and oxygen atoms in total. The molecule has 132 valence electrons. The molecular weight excluding hydrogens is 420 g/mol. The number of amides is 2. The highest BCUT2D eigenvalue weighted by atomic mass is 79.9. The molecule has 2 heterocycles. The van der Waals surface area contributed by atoms with E-state index < -0.39 is 0 Å². The smallest absolute Gasteiger partial charge is 0.267 e. The minimum atomic E-state index is -0.156. The molecule has 2 aliphatic heterocycles. The van der Waals surface area contributed by atoms with Crippen LogP contribution in [-0.4, -0.2) is 33.6 Å². The summed E-state index contributed by atoms with van der Waals surface area (Å²) < 4.78 is 1.41. The van der Waals surface area contributed by atoms with Crippen LogP contribution in [0.4, 0.5) is 5.69 Å². The Morgan fingerprint density at radius 3 is 2.60 bits per heavy atom. The van der Waals surface area contributed by atoms with E-state index in [1.807, 2.05) is 39.0 Å². The summed E-state index contributed by atoms with van der Waals surface area (Å²) in [6.45, 7) is 6.66. The van der Waals surface area contributed by atoms with E-state index in [0.29, 0.717) is 21.3 Å². The largest absolute Gasteiger partial charge is 0.308 e. The highest BCUT2D eigenvalue weighted by molar-refractivity contribution is 9.10. The van der Waals surface area contributed by atoms with Crippen LogP contribution in [0.15, 0.2) is 27.6 Å². The lowest BCUT2D eigenvalue weighted by atomic mass is 10.1. The molecule has 1 aromatic rings. The van der Waals surface area contributed by atoms with Crippen LogP contribution < -0.4 is 4.90 Å². The lowest BCUT2D eigenvalue weighted by Gasteiger charge is -2.21. The first-order valence-electron chi connectivity index (χ1n) is 8.32. The Bertz CT molecular complexity index is 806. The van der Waals surface area contributed by atoms with Gasteiger partial charge in [-0.3, -0.25) is 14.5 Å². The minimum Gasteiger partial charge on any atom is -0.308 e. The molecule has 1 unspecified atom stereocenters. The minimum absolute atomic E-state index is 0.0239. The number of fused-ring (bicyclic) bond motifs is 1. The van der Waals surface area contributed by atoms with Crippen LogP contribution in [0.1, 0.15) is 39.2 Å². The Hall–Kier alpha value is -1.18. The van der Waals surface area contributed by atoms with Gasteiger partial charge < -0.3 is 4.90 Å². The summed E-state index contributed by atoms with van der Waals surface area (Å²) in [6, 6.07) is 5.78. The van der Waals surface area contributed by atoms with Crippen molar-refractivity contribution in [1.29, 1.82) is 0 Å². The third-order valence-electron chi connectivity index (χ3n) is 4.48. The Labute approximate surface area is 165 Å². The van der Waals surface area contributed by atoms with E-state index in [4.69, 9.17) is 12.2 Å². The number of anilines is 1. The maximum Gasteiger partial charge on any atom is 0.267 e. The van der Waals surface area contributed by atoms with Crippen molar-refractivity contribution >= 4 is 67.3 Å². The van der Waals surface area contributed by atoms with Crippen LogP contribution >= 0.6 is 39.9 Å². The van der Waals surface area contributed by atoms with Crippen molar-refractivity contribution in [3.8, 4) is 0 Å². The van der Waals surface area contributed by atoms with Gasteiger partial charge in [-0.25, -0.2) is 0 Å². The van der Waals surface area contributed by atoms with Gasteiger partial charge in [0.05, 0.1) is 16.2 Å². The first-order valence-corrected chi connectivity index (χ1v) is 10.3. The molecule has 1 aromatic carbocycles. The maximum atomic E-state index is 13.1. The molecule has 2 amide bonds. The molecule has 2 aliphatic rings. The van der Waals surface area contributed by atoms with Crippen molar-refractivity contribution in [3.63, 3.8) is 0 Å². The number of thiocarbonyl (C=S) groups is 1. The van der Waals surface area contributed by atoms with Gasteiger partial charge in [-0.1, -0.05) is 53.8 Å². The Morgan fingerprint density at radius 2 is 1.96 bits per heavy atom. The number of thioether (sulfide) groups is 1. The standard InChI is InChI=1S/C18H19BrN2O2S2/c1-4-8-20-13-7-6-11(19)9-12(13)14(16(20)22)15-17(23)21(10(3)5-2)18(24)25-15/h6-7,9-10H,4-5,8H2,1-3H3/b15-14+. The van der Waals surface area contributed by atoms with Crippen LogP contribution in [0.3, 0.4) is 0 Å². The summed E-state index contributed by atoms with van der Waals surface area (Å²) in [5, 5.41) is 0. The van der Waals surface area contributed by atoms with E-state index in [1.54, 1.807) is 9.80 Å². The van der Waals surface area contributed by atoms with Gasteiger partial charge in [-0.15, -0.1) is 0 Å². The van der Waals surface area contributed by atoms with Crippen LogP contribution in [0.5, 0.6) is 0 Å². The van der Waals surface area contributed by atoms with Crippen molar-refractivity contribution in [3.05, 3.63) is 33.1 Å². The van der Waals surface area contributed by atoms with E-state index in [0.717, 1.165) is 28.6 Å². The van der Waals surface area contributed by atoms with Gasteiger partial charge in [0.2, 0.25) is 0 Å². The Morgan fingerprint density at radius 1 is 1.24 bits per heavy atom. The predicted octanol–water partition coefficient (Wildman–Crippen LogP) is 4.58. The SMILES string of the molecule is CCCN1C(=O)/C(=C2/SC(=S)N(C(C)CC)C2=O)c2cc(Br)ccc21. The Balaban J connectivity index is 2.15. The van der Waals surface area contributed by atoms with Crippen molar-refractivity contribution in [2.75, 3.05) is 11.4 Å². The summed E-state index contributed by atoms with van der Waals surface area (Å²) in [4.78, 5) is 29.9. The molecule has 0 radical (unpaired) electrons. The fourth-order valence-electron chi connectivity index (χ4n) is 3.06. The van der Waals surface area contributed by atoms with Gasteiger partial charge in [-0.05, 0) is 38.0 Å². The van der Waals surface area contributed by atoms with E-state index in [2.05, 4.69) is 15.9 Å². The number of benzene rings is 1. The second-order valence-corrected chi connectivity index (χ2v) is 8.68. The zero-order valence-corrected chi connectivity index (χ0v) is 17.6. The average molecular weight is 439 g/mol. The number of carbonyl (C=O) groups is 2. The van der Waals surface area contributed by atoms with E-state index >= 15 is 0 Å². The second-order valence-electron chi connectivity index (χ2n) is 6.12. The molecule has 0 bridgehead atoms. The predicted molar refractivity (Wildman–Crippen MR) is 110 cm³/mol. The molecule has 3 rings (SSSR count). The van der Waals surface area contributed by atoms with Crippen LogP contribution in [0, 0.1) is 0 Å². The molecule has 7 heteroatoms. The molecule has 25 heavy (non-hydrogen) atoms. The molecule has 0 N–H and O–H groups in total. The number of nitrogens with zero attached hydrogens (tertiary/aromatic N) is 2. The van der Waals surface area contributed by atoms with Crippen molar-refractivity contribution in [1.82, 2.24) is 4.90 Å². The highest BCUT2D eigenvalue weighted by Crippen LogP contribution is 2.45. The van der Waals surface area contributed by atoms with Gasteiger partial charge >= 0.3 is 0 Å². The molecular formula is C18H19BrN2O2S2. The van der Waals surface area contributed by atoms with Gasteiger partial charge in [0.25, 0.3) is 11.8 Å². The highest BCUT2D eigenvalue weighted by Gasteiger charge is 2.42. The zero-order chi connectivity index (χ0) is 18.3. The number of rotatable bonds is 4. The molecule has 1 atom stereocenters. The van der Waals surface area contributed by atoms with E-state index in [1.165, 1.54) is 11.8 Å². The monoisotopic (exact) mass is 438 g/mol. The summed E-state index contributed by atoms with van der Waals surface area (Å²) in [7, 11) is 0. The fraction of sp³-hybridized carbons (Fsp3) is 0.389. The molecule has 1 fully saturated rings. The fourth-order valence-corrected chi connectivity index (χ4v) is 4.96. The van der Waals surface area contributed by atoms with Crippen molar-refractivity contribution in [2.24, 2.45) is 0 Å². The summed E-state index contributed by atoms with van der Waals surface area (Å²) in [5.41, 5.74) is 2.14. The quantitative estimate of drug-likeness (QED) is 0.509. The summed E-state index contributed by atoms with van der Waals surface area (Å²) in [6.07, 6.45) is 1.66.